The van der Waals surface area contributed by atoms with Crippen molar-refractivity contribution in [2.45, 2.75) is 0 Å². The van der Waals surface area contributed by atoms with Crippen LogP contribution in [0.1, 0.15) is 0 Å². The summed E-state index contributed by atoms with van der Waals surface area (Å²) in [5.74, 6) is 0. The monoisotopic (exact) mass is 245 g/mol. The van der Waals surface area contributed by atoms with Crippen LogP contribution in [0.15, 0.2) is 71.7 Å². The molecule has 0 aliphatic heterocycles. The lowest BCUT2D eigenvalue weighted by Gasteiger charge is -2.08. The highest BCUT2D eigenvalue weighted by Gasteiger charge is 2.08. The minimum Gasteiger partial charge on any atom is -0.211 e. The molecule has 0 bridgehead atoms. The van der Waals surface area contributed by atoms with Crippen LogP contribution in [0.25, 0.3) is 21.9 Å². The minimum atomic E-state index is 0.680. The molecule has 0 aromatic heterocycles. The number of hydrogen-bond acceptors (Lipinski definition) is 2. The Bertz CT molecular complexity index is 772. The topological polar surface area (TPSA) is 29.4 Å². The number of rotatable bonds is 2. The standard InChI is InChI=1S/C17H11NO/c19-12-18-17-15-9-5-4-8-14(15)10-11-16(17)13-6-2-1-3-7-13/h1-11H. The van der Waals surface area contributed by atoms with Gasteiger partial charge in [0.2, 0.25) is 6.08 Å². The summed E-state index contributed by atoms with van der Waals surface area (Å²) in [6.07, 6.45) is 1.66. The molecule has 90 valence electrons. The average molecular weight is 245 g/mol. The summed E-state index contributed by atoms with van der Waals surface area (Å²) in [6.45, 7) is 0. The van der Waals surface area contributed by atoms with E-state index in [2.05, 4.69) is 4.99 Å². The van der Waals surface area contributed by atoms with Crippen LogP contribution in [0.5, 0.6) is 0 Å². The van der Waals surface area contributed by atoms with Crippen molar-refractivity contribution in [3.63, 3.8) is 0 Å². The lowest BCUT2D eigenvalue weighted by Crippen LogP contribution is -1.81. The van der Waals surface area contributed by atoms with Crippen LogP contribution in [0.3, 0.4) is 0 Å². The van der Waals surface area contributed by atoms with Crippen LogP contribution in [-0.2, 0) is 4.79 Å². The normalized spacial score (nSPS) is 10.1. The SMILES string of the molecule is O=C=Nc1c(-c2ccccc2)ccc2ccccc12. The summed E-state index contributed by atoms with van der Waals surface area (Å²) in [6, 6.07) is 21.9. The number of isocyanates is 1. The molecule has 0 N–H and O–H groups in total. The Hall–Kier alpha value is -2.70. The first-order chi connectivity index (χ1) is 9.40. The van der Waals surface area contributed by atoms with Gasteiger partial charge in [0.15, 0.2) is 0 Å². The van der Waals surface area contributed by atoms with E-state index >= 15 is 0 Å². The summed E-state index contributed by atoms with van der Waals surface area (Å²) in [5, 5.41) is 2.03. The van der Waals surface area contributed by atoms with Crippen molar-refractivity contribution in [3.05, 3.63) is 66.7 Å². The summed E-state index contributed by atoms with van der Waals surface area (Å²) in [7, 11) is 0. The number of hydrogen-bond donors (Lipinski definition) is 0. The van der Waals surface area contributed by atoms with E-state index in [-0.39, 0.29) is 0 Å². The molecular weight excluding hydrogens is 234 g/mol. The Morgan fingerprint density at radius 2 is 1.53 bits per heavy atom. The highest BCUT2D eigenvalue weighted by atomic mass is 16.1. The molecule has 0 atom stereocenters. The van der Waals surface area contributed by atoms with Crippen molar-refractivity contribution in [2.75, 3.05) is 0 Å². The Kier molecular flexibility index (Phi) is 2.93. The van der Waals surface area contributed by atoms with Gasteiger partial charge in [-0.05, 0) is 10.9 Å². The zero-order chi connectivity index (χ0) is 13.1. The second-order valence-corrected chi connectivity index (χ2v) is 4.25. The molecule has 0 aliphatic rings. The van der Waals surface area contributed by atoms with E-state index in [4.69, 9.17) is 0 Å². The number of fused-ring (bicyclic) bond motifs is 1. The van der Waals surface area contributed by atoms with Gasteiger partial charge in [-0.2, -0.15) is 4.99 Å². The van der Waals surface area contributed by atoms with Crippen LogP contribution in [-0.4, -0.2) is 6.08 Å². The summed E-state index contributed by atoms with van der Waals surface area (Å²) in [4.78, 5) is 14.6. The second-order valence-electron chi connectivity index (χ2n) is 4.25. The molecule has 0 saturated heterocycles. The molecule has 0 radical (unpaired) electrons. The zero-order valence-corrected chi connectivity index (χ0v) is 10.2. The molecule has 19 heavy (non-hydrogen) atoms. The molecule has 3 rings (SSSR count). The Morgan fingerprint density at radius 3 is 2.32 bits per heavy atom. The summed E-state index contributed by atoms with van der Waals surface area (Å²) < 4.78 is 0. The first kappa shape index (κ1) is 11.4. The first-order valence-electron chi connectivity index (χ1n) is 6.05. The maximum absolute atomic E-state index is 10.7. The third-order valence-corrected chi connectivity index (χ3v) is 3.14. The fourth-order valence-electron chi connectivity index (χ4n) is 2.27. The summed E-state index contributed by atoms with van der Waals surface area (Å²) >= 11 is 0. The first-order valence-corrected chi connectivity index (χ1v) is 6.05. The van der Waals surface area contributed by atoms with Gasteiger partial charge in [0.1, 0.15) is 0 Å². The highest BCUT2D eigenvalue weighted by Crippen LogP contribution is 2.36. The van der Waals surface area contributed by atoms with Crippen LogP contribution in [0.2, 0.25) is 0 Å². The molecule has 0 saturated carbocycles. The maximum Gasteiger partial charge on any atom is 0.240 e. The molecular formula is C17H11NO. The molecule has 2 nitrogen and oxygen atoms in total. The Labute approximate surface area is 111 Å². The van der Waals surface area contributed by atoms with Crippen molar-refractivity contribution < 1.29 is 4.79 Å². The van der Waals surface area contributed by atoms with E-state index in [0.717, 1.165) is 21.9 Å². The molecule has 0 spiro atoms. The molecule has 2 heteroatoms. The van der Waals surface area contributed by atoms with E-state index in [1.165, 1.54) is 0 Å². The fourth-order valence-corrected chi connectivity index (χ4v) is 2.27. The van der Waals surface area contributed by atoms with Gasteiger partial charge in [-0.25, -0.2) is 4.79 Å². The fraction of sp³-hybridized carbons (Fsp3) is 0. The maximum atomic E-state index is 10.7. The molecule has 3 aromatic carbocycles. The van der Waals surface area contributed by atoms with Crippen molar-refractivity contribution in [1.29, 1.82) is 0 Å². The third-order valence-electron chi connectivity index (χ3n) is 3.14. The zero-order valence-electron chi connectivity index (χ0n) is 10.2. The van der Waals surface area contributed by atoms with Gasteiger partial charge in [-0.1, -0.05) is 66.7 Å². The van der Waals surface area contributed by atoms with Gasteiger partial charge in [-0.15, -0.1) is 0 Å². The van der Waals surface area contributed by atoms with E-state index in [9.17, 15) is 4.79 Å². The highest BCUT2D eigenvalue weighted by molar-refractivity contribution is 6.00. The average Bonchev–Trinajstić information content (AvgIpc) is 2.49. The Morgan fingerprint density at radius 1 is 0.789 bits per heavy atom. The van der Waals surface area contributed by atoms with Crippen LogP contribution < -0.4 is 0 Å². The molecule has 3 aromatic rings. The third kappa shape index (κ3) is 2.05. The number of benzene rings is 3. The van der Waals surface area contributed by atoms with Gasteiger partial charge in [0.25, 0.3) is 0 Å². The molecule has 0 amide bonds. The van der Waals surface area contributed by atoms with Crippen molar-refractivity contribution in [2.24, 2.45) is 4.99 Å². The van der Waals surface area contributed by atoms with Crippen LogP contribution in [0, 0.1) is 0 Å². The largest absolute Gasteiger partial charge is 0.240 e. The molecule has 0 unspecified atom stereocenters. The lowest BCUT2D eigenvalue weighted by atomic mass is 9.99. The second kappa shape index (κ2) is 4.89. The molecule has 0 fully saturated rings. The number of nitrogens with zero attached hydrogens (tertiary/aromatic N) is 1. The lowest BCUT2D eigenvalue weighted by molar-refractivity contribution is 0.565. The molecule has 0 aliphatic carbocycles. The number of aliphatic imine (C=N–C) groups is 1. The van der Waals surface area contributed by atoms with Crippen LogP contribution in [0.4, 0.5) is 5.69 Å². The summed E-state index contributed by atoms with van der Waals surface area (Å²) in [5.41, 5.74) is 2.67. The van der Waals surface area contributed by atoms with Gasteiger partial charge in [0.05, 0.1) is 5.69 Å². The quantitative estimate of drug-likeness (QED) is 0.483. The minimum absolute atomic E-state index is 0.680. The Balaban J connectivity index is 2.37. The van der Waals surface area contributed by atoms with Crippen molar-refractivity contribution in [3.8, 4) is 11.1 Å². The van der Waals surface area contributed by atoms with E-state index in [1.807, 2.05) is 66.7 Å². The predicted molar refractivity (Wildman–Crippen MR) is 77.2 cm³/mol. The van der Waals surface area contributed by atoms with Gasteiger partial charge in [0, 0.05) is 10.9 Å². The van der Waals surface area contributed by atoms with Gasteiger partial charge >= 0.3 is 0 Å². The van der Waals surface area contributed by atoms with Gasteiger partial charge in [-0.3, -0.25) is 0 Å². The van der Waals surface area contributed by atoms with E-state index < -0.39 is 0 Å². The van der Waals surface area contributed by atoms with E-state index in [0.29, 0.717) is 5.69 Å². The van der Waals surface area contributed by atoms with Gasteiger partial charge < -0.3 is 0 Å². The predicted octanol–water partition coefficient (Wildman–Crippen LogP) is 4.47. The van der Waals surface area contributed by atoms with Crippen molar-refractivity contribution >= 4 is 22.5 Å². The van der Waals surface area contributed by atoms with Crippen LogP contribution >= 0.6 is 0 Å². The van der Waals surface area contributed by atoms with Crippen molar-refractivity contribution in [1.82, 2.24) is 0 Å². The van der Waals surface area contributed by atoms with E-state index in [1.54, 1.807) is 6.08 Å². The molecule has 0 heterocycles. The smallest absolute Gasteiger partial charge is 0.211 e. The number of carbonyl (C=O) groups excluding carboxylic acids is 1.